The number of amides is 2. The molecular formula is C26H32N2O3. The standard InChI is InChI=1S/C26H32N2O3/c1-14-10-16(3)21(17(4)11-14)27-23(29)25(8,9)24(30)28(26(27)20(7)31-26)22-18(5)12-15(2)13-19(22)6/h10-13,20H,1-9H3. The Balaban J connectivity index is 2.03. The molecule has 2 aromatic rings. The van der Waals surface area contributed by atoms with Gasteiger partial charge in [0.1, 0.15) is 11.5 Å². The van der Waals surface area contributed by atoms with Crippen molar-refractivity contribution >= 4 is 23.2 Å². The molecule has 0 bridgehead atoms. The van der Waals surface area contributed by atoms with Gasteiger partial charge in [0.25, 0.3) is 5.85 Å². The van der Waals surface area contributed by atoms with E-state index in [0.29, 0.717) is 0 Å². The quantitative estimate of drug-likeness (QED) is 0.507. The van der Waals surface area contributed by atoms with Crippen LogP contribution >= 0.6 is 0 Å². The summed E-state index contributed by atoms with van der Waals surface area (Å²) in [7, 11) is 0. The van der Waals surface area contributed by atoms with Crippen LogP contribution in [0.2, 0.25) is 0 Å². The van der Waals surface area contributed by atoms with Gasteiger partial charge in [-0.1, -0.05) is 35.4 Å². The summed E-state index contributed by atoms with van der Waals surface area (Å²) in [4.78, 5) is 31.2. The van der Waals surface area contributed by atoms with E-state index in [1.807, 2.05) is 48.5 Å². The maximum atomic E-state index is 13.8. The molecule has 0 N–H and O–H groups in total. The van der Waals surface area contributed by atoms with Crippen LogP contribution in [0.15, 0.2) is 24.3 Å². The van der Waals surface area contributed by atoms with Crippen molar-refractivity contribution in [2.75, 3.05) is 9.80 Å². The van der Waals surface area contributed by atoms with Gasteiger partial charge in [-0.15, -0.1) is 0 Å². The number of aryl methyl sites for hydroxylation is 6. The van der Waals surface area contributed by atoms with Crippen molar-refractivity contribution in [1.82, 2.24) is 0 Å². The largest absolute Gasteiger partial charge is 0.325 e. The summed E-state index contributed by atoms with van der Waals surface area (Å²) >= 11 is 0. The Kier molecular flexibility index (Phi) is 4.64. The predicted octanol–water partition coefficient (Wildman–Crippen LogP) is 5.02. The molecule has 0 aromatic heterocycles. The average Bonchev–Trinajstić information content (AvgIpc) is 3.29. The molecular weight excluding hydrogens is 388 g/mol. The van der Waals surface area contributed by atoms with Gasteiger partial charge in [0.15, 0.2) is 0 Å². The summed E-state index contributed by atoms with van der Waals surface area (Å²) in [5.41, 5.74) is 6.70. The SMILES string of the molecule is Cc1cc(C)c(N2C(=O)C(C)(C)C(=O)N(c3c(C)cc(C)cc3C)C23OC3C)c(C)c1. The van der Waals surface area contributed by atoms with Gasteiger partial charge in [0.2, 0.25) is 11.8 Å². The molecule has 2 saturated heterocycles. The number of benzene rings is 2. The van der Waals surface area contributed by atoms with Crippen molar-refractivity contribution in [2.24, 2.45) is 5.41 Å². The number of epoxide rings is 1. The zero-order valence-corrected chi connectivity index (χ0v) is 20.0. The van der Waals surface area contributed by atoms with Gasteiger partial charge in [-0.25, -0.2) is 0 Å². The van der Waals surface area contributed by atoms with Crippen LogP contribution in [0.1, 0.15) is 54.2 Å². The lowest BCUT2D eigenvalue weighted by Gasteiger charge is -2.49. The molecule has 4 rings (SSSR count). The highest BCUT2D eigenvalue weighted by atomic mass is 16.7. The Morgan fingerprint density at radius 1 is 0.710 bits per heavy atom. The van der Waals surface area contributed by atoms with E-state index < -0.39 is 11.3 Å². The first-order chi connectivity index (χ1) is 14.3. The highest BCUT2D eigenvalue weighted by Crippen LogP contribution is 2.55. The first kappa shape index (κ1) is 21.6. The van der Waals surface area contributed by atoms with Crippen molar-refractivity contribution < 1.29 is 14.3 Å². The number of ether oxygens (including phenoxy) is 1. The lowest BCUT2D eigenvalue weighted by atomic mass is 9.84. The highest BCUT2D eigenvalue weighted by Gasteiger charge is 2.73. The zero-order chi connectivity index (χ0) is 23.0. The number of hydrogen-bond acceptors (Lipinski definition) is 3. The number of carbonyl (C=O) groups excluding carboxylic acids is 2. The van der Waals surface area contributed by atoms with Gasteiger partial charge in [0, 0.05) is 0 Å². The number of carbonyl (C=O) groups is 2. The van der Waals surface area contributed by atoms with E-state index in [-0.39, 0.29) is 17.9 Å². The van der Waals surface area contributed by atoms with E-state index in [1.54, 1.807) is 23.6 Å². The molecule has 0 radical (unpaired) electrons. The van der Waals surface area contributed by atoms with Gasteiger partial charge in [-0.2, -0.15) is 0 Å². The van der Waals surface area contributed by atoms with Crippen molar-refractivity contribution in [3.8, 4) is 0 Å². The smallest absolute Gasteiger partial charge is 0.262 e. The summed E-state index contributed by atoms with van der Waals surface area (Å²) < 4.78 is 6.20. The fraction of sp³-hybridized carbons (Fsp3) is 0.462. The average molecular weight is 421 g/mol. The van der Waals surface area contributed by atoms with Gasteiger partial charge in [-0.05, 0) is 84.6 Å². The number of nitrogens with zero attached hydrogens (tertiary/aromatic N) is 2. The minimum Gasteiger partial charge on any atom is -0.325 e. The third-order valence-corrected chi connectivity index (χ3v) is 6.66. The maximum absolute atomic E-state index is 13.8. The van der Waals surface area contributed by atoms with Gasteiger partial charge in [0.05, 0.1) is 11.4 Å². The van der Waals surface area contributed by atoms with E-state index in [4.69, 9.17) is 4.74 Å². The van der Waals surface area contributed by atoms with Crippen LogP contribution in [0.4, 0.5) is 11.4 Å². The highest BCUT2D eigenvalue weighted by molar-refractivity contribution is 6.21. The molecule has 31 heavy (non-hydrogen) atoms. The Labute approximate surface area is 185 Å². The molecule has 1 atom stereocenters. The zero-order valence-electron chi connectivity index (χ0n) is 20.0. The molecule has 164 valence electrons. The minimum absolute atomic E-state index is 0.226. The first-order valence-electron chi connectivity index (χ1n) is 10.9. The van der Waals surface area contributed by atoms with Crippen LogP contribution in [0.25, 0.3) is 0 Å². The fourth-order valence-electron chi connectivity index (χ4n) is 5.31. The van der Waals surface area contributed by atoms with E-state index in [2.05, 4.69) is 24.3 Å². The van der Waals surface area contributed by atoms with Crippen LogP contribution in [-0.2, 0) is 14.3 Å². The Morgan fingerprint density at radius 2 is 1.00 bits per heavy atom. The van der Waals surface area contributed by atoms with Crippen LogP contribution in [0.5, 0.6) is 0 Å². The van der Waals surface area contributed by atoms with Crippen molar-refractivity contribution in [2.45, 2.75) is 74.3 Å². The minimum atomic E-state index is -1.22. The summed E-state index contributed by atoms with van der Waals surface area (Å²) in [5, 5.41) is 0. The second-order valence-electron chi connectivity index (χ2n) is 9.82. The molecule has 0 aliphatic carbocycles. The molecule has 5 nitrogen and oxygen atoms in total. The third kappa shape index (κ3) is 2.86. The lowest BCUT2D eigenvalue weighted by molar-refractivity contribution is -0.143. The Morgan fingerprint density at radius 3 is 1.26 bits per heavy atom. The van der Waals surface area contributed by atoms with E-state index in [9.17, 15) is 9.59 Å². The Hall–Kier alpha value is -2.66. The van der Waals surface area contributed by atoms with Gasteiger partial charge < -0.3 is 4.74 Å². The summed E-state index contributed by atoms with van der Waals surface area (Å²) in [6.45, 7) is 17.5. The number of rotatable bonds is 2. The molecule has 2 aliphatic heterocycles. The monoisotopic (exact) mass is 420 g/mol. The number of anilines is 2. The summed E-state index contributed by atoms with van der Waals surface area (Å²) in [5.74, 6) is -1.61. The summed E-state index contributed by atoms with van der Waals surface area (Å²) in [6.07, 6.45) is -0.309. The molecule has 0 saturated carbocycles. The van der Waals surface area contributed by atoms with Crippen LogP contribution < -0.4 is 9.80 Å². The molecule has 2 aromatic carbocycles. The number of hydrogen-bond donors (Lipinski definition) is 0. The molecule has 2 heterocycles. The second-order valence-corrected chi connectivity index (χ2v) is 9.82. The summed E-state index contributed by atoms with van der Waals surface area (Å²) in [6, 6.07) is 8.30. The fourth-order valence-corrected chi connectivity index (χ4v) is 5.31. The van der Waals surface area contributed by atoms with E-state index in [1.165, 1.54) is 0 Å². The molecule has 5 heteroatoms. The van der Waals surface area contributed by atoms with E-state index >= 15 is 0 Å². The Bertz CT molecular complexity index is 1010. The van der Waals surface area contributed by atoms with Gasteiger partial charge in [-0.3, -0.25) is 19.4 Å². The van der Waals surface area contributed by atoms with E-state index in [0.717, 1.165) is 44.8 Å². The normalized spacial score (nSPS) is 21.8. The molecule has 1 spiro atoms. The van der Waals surface area contributed by atoms with Crippen LogP contribution in [-0.4, -0.2) is 23.8 Å². The van der Waals surface area contributed by atoms with Crippen LogP contribution in [0, 0.1) is 47.0 Å². The lowest BCUT2D eigenvalue weighted by Crippen LogP contribution is -2.70. The molecule has 1 unspecified atom stereocenters. The molecule has 2 amide bonds. The first-order valence-corrected chi connectivity index (χ1v) is 10.9. The van der Waals surface area contributed by atoms with Crippen LogP contribution in [0.3, 0.4) is 0 Å². The molecule has 2 aliphatic rings. The third-order valence-electron chi connectivity index (χ3n) is 6.66. The van der Waals surface area contributed by atoms with Crippen molar-refractivity contribution in [3.05, 3.63) is 57.6 Å². The van der Waals surface area contributed by atoms with Crippen molar-refractivity contribution in [3.63, 3.8) is 0 Å². The van der Waals surface area contributed by atoms with Crippen molar-refractivity contribution in [1.29, 1.82) is 0 Å². The second kappa shape index (κ2) is 6.67. The predicted molar refractivity (Wildman–Crippen MR) is 123 cm³/mol. The molecule has 2 fully saturated rings. The maximum Gasteiger partial charge on any atom is 0.262 e. The topological polar surface area (TPSA) is 53.2 Å². The van der Waals surface area contributed by atoms with Gasteiger partial charge >= 0.3 is 0 Å².